The fourth-order valence-electron chi connectivity index (χ4n) is 6.79. The van der Waals surface area contributed by atoms with Gasteiger partial charge in [0, 0.05) is 51.8 Å². The lowest BCUT2D eigenvalue weighted by Gasteiger charge is -2.35. The number of rotatable bonds is 15. The van der Waals surface area contributed by atoms with Crippen molar-refractivity contribution >= 4 is 23.8 Å². The Morgan fingerprint density at radius 2 is 1.73 bits per heavy atom. The standard InChI is InChI=1S/C36H54N6O6/c1-25(2)16-17-32(44)30(20-27-12-7-5-8-13-27)39-34(45)31(22-29-23-37-24-38-29)40(4)35(46)33(21-28-14-9-6-10-15-28)48-36(47)42-19-11-18-41(42)26(3)43/h6,9-10,14-15,23-25,27,30-33,44H,5,7-8,11-13,16-22H2,1-4H3,(H,37,38)(H,39,45)/t30?,31-,32?,33?/m0/s1. The highest BCUT2D eigenvalue weighted by atomic mass is 16.6. The number of nitrogens with one attached hydrogen (secondary N) is 2. The molecule has 1 aliphatic heterocycles. The molecule has 4 amide bonds. The number of hydrazine groups is 1. The molecular formula is C36H54N6O6. The third kappa shape index (κ3) is 10.5. The van der Waals surface area contributed by atoms with Crippen molar-refractivity contribution in [2.75, 3.05) is 20.1 Å². The zero-order valence-corrected chi connectivity index (χ0v) is 29.0. The van der Waals surface area contributed by atoms with Crippen molar-refractivity contribution in [1.82, 2.24) is 30.2 Å². The first-order chi connectivity index (χ1) is 23.0. The number of likely N-dealkylation sites (N-methyl/N-ethyl adjacent to an activating group) is 1. The Morgan fingerprint density at radius 1 is 1.02 bits per heavy atom. The minimum atomic E-state index is -1.26. The summed E-state index contributed by atoms with van der Waals surface area (Å²) < 4.78 is 5.85. The number of hydrogen-bond donors (Lipinski definition) is 3. The normalized spacial score (nSPS) is 17.9. The molecule has 2 aliphatic rings. The predicted octanol–water partition coefficient (Wildman–Crippen LogP) is 4.25. The maximum absolute atomic E-state index is 14.3. The number of aromatic amines is 1. The van der Waals surface area contributed by atoms with Gasteiger partial charge >= 0.3 is 6.09 Å². The lowest BCUT2D eigenvalue weighted by molar-refractivity contribution is -0.148. The summed E-state index contributed by atoms with van der Waals surface area (Å²) in [5.74, 6) is -0.406. The number of aromatic nitrogens is 2. The van der Waals surface area contributed by atoms with Crippen LogP contribution in [0, 0.1) is 11.8 Å². The Morgan fingerprint density at radius 3 is 2.38 bits per heavy atom. The molecule has 4 atom stereocenters. The van der Waals surface area contributed by atoms with Crippen LogP contribution in [0.5, 0.6) is 0 Å². The van der Waals surface area contributed by atoms with Crippen molar-refractivity contribution in [3.63, 3.8) is 0 Å². The van der Waals surface area contributed by atoms with E-state index in [1.165, 1.54) is 41.6 Å². The Labute approximate surface area is 284 Å². The van der Waals surface area contributed by atoms with Crippen molar-refractivity contribution < 1.29 is 29.0 Å². The van der Waals surface area contributed by atoms with Crippen LogP contribution in [-0.2, 0) is 32.0 Å². The number of amides is 4. The van der Waals surface area contributed by atoms with Gasteiger partial charge in [-0.05, 0) is 43.1 Å². The minimum Gasteiger partial charge on any atom is -0.434 e. The fraction of sp³-hybridized carbons (Fsp3) is 0.639. The highest BCUT2D eigenvalue weighted by Gasteiger charge is 2.38. The molecule has 3 N–H and O–H groups in total. The van der Waals surface area contributed by atoms with E-state index >= 15 is 0 Å². The molecule has 1 saturated carbocycles. The smallest absolute Gasteiger partial charge is 0.429 e. The van der Waals surface area contributed by atoms with Gasteiger partial charge in [-0.2, -0.15) is 0 Å². The van der Waals surface area contributed by atoms with Crippen molar-refractivity contribution in [3.05, 3.63) is 54.1 Å². The quantitative estimate of drug-likeness (QED) is 0.258. The Hall–Kier alpha value is -3.93. The molecule has 1 aromatic carbocycles. The third-order valence-electron chi connectivity index (χ3n) is 9.62. The van der Waals surface area contributed by atoms with E-state index in [9.17, 15) is 24.3 Å². The zero-order chi connectivity index (χ0) is 34.6. The summed E-state index contributed by atoms with van der Waals surface area (Å²) >= 11 is 0. The molecule has 4 rings (SSSR count). The Kier molecular flexibility index (Phi) is 13.8. The van der Waals surface area contributed by atoms with Crippen molar-refractivity contribution in [2.45, 2.75) is 116 Å². The second kappa shape index (κ2) is 18.0. The van der Waals surface area contributed by atoms with Crippen LogP contribution in [0.3, 0.4) is 0 Å². The Balaban J connectivity index is 1.58. The number of nitrogens with zero attached hydrogens (tertiary/aromatic N) is 4. The second-order valence-electron chi connectivity index (χ2n) is 13.8. The average Bonchev–Trinajstić information content (AvgIpc) is 3.79. The highest BCUT2D eigenvalue weighted by molar-refractivity contribution is 5.91. The monoisotopic (exact) mass is 666 g/mol. The van der Waals surface area contributed by atoms with Crippen LogP contribution in [0.4, 0.5) is 4.79 Å². The first-order valence-electron chi connectivity index (χ1n) is 17.6. The lowest BCUT2D eigenvalue weighted by atomic mass is 9.83. The van der Waals surface area contributed by atoms with Gasteiger partial charge in [-0.25, -0.2) is 19.8 Å². The average molecular weight is 667 g/mol. The van der Waals surface area contributed by atoms with Gasteiger partial charge in [-0.15, -0.1) is 0 Å². The number of imidazole rings is 1. The van der Waals surface area contributed by atoms with Gasteiger partial charge in [0.25, 0.3) is 5.91 Å². The molecule has 3 unspecified atom stereocenters. The number of hydrogen-bond acceptors (Lipinski definition) is 7. The molecule has 1 aliphatic carbocycles. The molecule has 2 heterocycles. The topological polar surface area (TPSA) is 148 Å². The van der Waals surface area contributed by atoms with E-state index in [-0.39, 0.29) is 18.7 Å². The lowest BCUT2D eigenvalue weighted by Crippen LogP contribution is -2.56. The number of ether oxygens (including phenoxy) is 1. The fourth-order valence-corrected chi connectivity index (χ4v) is 6.79. The van der Waals surface area contributed by atoms with Gasteiger partial charge < -0.3 is 25.0 Å². The highest BCUT2D eigenvalue weighted by Crippen LogP contribution is 2.29. The molecule has 1 saturated heterocycles. The summed E-state index contributed by atoms with van der Waals surface area (Å²) in [4.78, 5) is 62.5. The van der Waals surface area contributed by atoms with Crippen molar-refractivity contribution in [3.8, 4) is 0 Å². The number of benzene rings is 1. The first-order valence-corrected chi connectivity index (χ1v) is 17.6. The van der Waals surface area contributed by atoms with E-state index in [0.717, 1.165) is 37.7 Å². The SMILES string of the molecule is CC(=O)N1CCCN1C(=O)OC(Cc1ccccc1)C(=O)N(C)[C@@H](Cc1cnc[nH]1)C(=O)NC(CC1CCCCC1)C(O)CCC(C)C. The van der Waals surface area contributed by atoms with Crippen LogP contribution in [0.25, 0.3) is 0 Å². The predicted molar refractivity (Wildman–Crippen MR) is 181 cm³/mol. The van der Waals surface area contributed by atoms with E-state index < -0.39 is 42.2 Å². The van der Waals surface area contributed by atoms with Gasteiger partial charge in [0.15, 0.2) is 6.10 Å². The van der Waals surface area contributed by atoms with Crippen LogP contribution in [0.15, 0.2) is 42.9 Å². The van der Waals surface area contributed by atoms with Gasteiger partial charge in [-0.1, -0.05) is 76.3 Å². The summed E-state index contributed by atoms with van der Waals surface area (Å²) in [5.41, 5.74) is 1.43. The van der Waals surface area contributed by atoms with Gasteiger partial charge in [0.05, 0.1) is 18.5 Å². The van der Waals surface area contributed by atoms with Crippen molar-refractivity contribution in [2.24, 2.45) is 11.8 Å². The van der Waals surface area contributed by atoms with E-state index in [2.05, 4.69) is 29.1 Å². The summed E-state index contributed by atoms with van der Waals surface area (Å²) in [6, 6.07) is 7.78. The van der Waals surface area contributed by atoms with E-state index in [4.69, 9.17) is 4.74 Å². The molecular weight excluding hydrogens is 612 g/mol. The second-order valence-corrected chi connectivity index (χ2v) is 13.8. The molecule has 48 heavy (non-hydrogen) atoms. The van der Waals surface area contributed by atoms with E-state index in [0.29, 0.717) is 49.9 Å². The van der Waals surface area contributed by atoms with Crippen LogP contribution >= 0.6 is 0 Å². The van der Waals surface area contributed by atoms with Crippen molar-refractivity contribution in [1.29, 1.82) is 0 Å². The van der Waals surface area contributed by atoms with Gasteiger partial charge in [0.2, 0.25) is 11.8 Å². The van der Waals surface area contributed by atoms with Crippen LogP contribution in [-0.4, -0.2) is 98.2 Å². The molecule has 12 heteroatoms. The minimum absolute atomic E-state index is 0.0836. The molecule has 264 valence electrons. The first kappa shape index (κ1) is 36.9. The number of carbonyl (C=O) groups is 4. The summed E-state index contributed by atoms with van der Waals surface area (Å²) in [6.07, 6.45) is 8.92. The van der Waals surface area contributed by atoms with E-state index in [1.54, 1.807) is 6.20 Å². The number of aliphatic hydroxyl groups is 1. The molecule has 1 aromatic heterocycles. The Bertz CT molecular complexity index is 1320. The number of H-pyrrole nitrogens is 1. The molecule has 0 bridgehead atoms. The summed E-state index contributed by atoms with van der Waals surface area (Å²) in [5, 5.41) is 17.0. The maximum atomic E-state index is 14.3. The van der Waals surface area contributed by atoms with Gasteiger partial charge in [0.1, 0.15) is 6.04 Å². The number of carbonyl (C=O) groups excluding carboxylic acids is 4. The molecule has 0 radical (unpaired) electrons. The van der Waals surface area contributed by atoms with E-state index in [1.807, 2.05) is 30.3 Å². The maximum Gasteiger partial charge on any atom is 0.429 e. The third-order valence-corrected chi connectivity index (χ3v) is 9.62. The van der Waals surface area contributed by atoms with Crippen LogP contribution < -0.4 is 5.32 Å². The zero-order valence-electron chi connectivity index (χ0n) is 29.0. The van der Waals surface area contributed by atoms with Crippen LogP contribution in [0.2, 0.25) is 0 Å². The molecule has 2 fully saturated rings. The number of aliphatic hydroxyl groups excluding tert-OH is 1. The van der Waals surface area contributed by atoms with Gasteiger partial charge in [-0.3, -0.25) is 14.4 Å². The largest absolute Gasteiger partial charge is 0.434 e. The molecule has 12 nitrogen and oxygen atoms in total. The van der Waals surface area contributed by atoms with Crippen LogP contribution in [0.1, 0.15) is 89.8 Å². The molecule has 2 aromatic rings. The summed E-state index contributed by atoms with van der Waals surface area (Å²) in [7, 11) is 1.54. The summed E-state index contributed by atoms with van der Waals surface area (Å²) in [6.45, 7) is 6.29. The molecule has 0 spiro atoms.